The maximum absolute atomic E-state index is 3.76. The van der Waals surface area contributed by atoms with Gasteiger partial charge in [0.1, 0.15) is 0 Å². The van der Waals surface area contributed by atoms with Gasteiger partial charge in [0, 0.05) is 10.9 Å². The van der Waals surface area contributed by atoms with Crippen molar-refractivity contribution in [3.8, 4) is 0 Å². The Morgan fingerprint density at radius 2 is 2.20 bits per heavy atom. The van der Waals surface area contributed by atoms with Crippen molar-refractivity contribution in [3.05, 3.63) is 41.8 Å². The lowest BCUT2D eigenvalue weighted by Crippen LogP contribution is -2.21. The average Bonchev–Trinajstić information content (AvgIpc) is 2.28. The fourth-order valence-corrected chi connectivity index (χ4v) is 2.09. The van der Waals surface area contributed by atoms with E-state index >= 15 is 0 Å². The molecule has 0 aliphatic carbocycles. The van der Waals surface area contributed by atoms with Crippen molar-refractivity contribution in [1.82, 2.24) is 5.32 Å². The minimum Gasteiger partial charge on any atom is -0.317 e. The van der Waals surface area contributed by atoms with Crippen molar-refractivity contribution in [2.24, 2.45) is 0 Å². The Kier molecular flexibility index (Phi) is 5.51. The molecule has 0 radical (unpaired) electrons. The monoisotopic (exact) mass is 221 g/mol. The van der Waals surface area contributed by atoms with Crippen molar-refractivity contribution in [3.63, 3.8) is 0 Å². The zero-order valence-electron chi connectivity index (χ0n) is 9.49. The van der Waals surface area contributed by atoms with E-state index in [2.05, 4.69) is 43.1 Å². The Morgan fingerprint density at radius 1 is 1.47 bits per heavy atom. The summed E-state index contributed by atoms with van der Waals surface area (Å²) in [6.45, 7) is 5.97. The number of rotatable bonds is 6. The summed E-state index contributed by atoms with van der Waals surface area (Å²) in [4.78, 5) is 1.33. The molecule has 82 valence electrons. The van der Waals surface area contributed by atoms with Gasteiger partial charge in [0.15, 0.2) is 0 Å². The Balaban J connectivity index is 2.62. The van der Waals surface area contributed by atoms with Crippen LogP contribution in [-0.2, 0) is 6.42 Å². The van der Waals surface area contributed by atoms with Gasteiger partial charge in [-0.1, -0.05) is 36.5 Å². The molecule has 0 heterocycles. The van der Waals surface area contributed by atoms with E-state index in [9.17, 15) is 0 Å². The van der Waals surface area contributed by atoms with Crippen LogP contribution in [0.1, 0.15) is 18.9 Å². The number of benzene rings is 1. The van der Waals surface area contributed by atoms with E-state index in [0.29, 0.717) is 6.04 Å². The van der Waals surface area contributed by atoms with Gasteiger partial charge in [-0.3, -0.25) is 0 Å². The number of aryl methyl sites for hydroxylation is 1. The van der Waals surface area contributed by atoms with E-state index in [-0.39, 0.29) is 0 Å². The molecule has 0 unspecified atom stereocenters. The zero-order valence-corrected chi connectivity index (χ0v) is 10.3. The summed E-state index contributed by atoms with van der Waals surface area (Å²) < 4.78 is 0. The maximum Gasteiger partial charge on any atom is 0.0148 e. The summed E-state index contributed by atoms with van der Waals surface area (Å²) in [6.07, 6.45) is 2.30. The van der Waals surface area contributed by atoms with E-state index in [0.717, 1.165) is 6.42 Å². The van der Waals surface area contributed by atoms with Crippen LogP contribution in [0.5, 0.6) is 0 Å². The van der Waals surface area contributed by atoms with Crippen molar-refractivity contribution >= 4 is 11.8 Å². The van der Waals surface area contributed by atoms with Crippen LogP contribution < -0.4 is 5.32 Å². The maximum atomic E-state index is 3.76. The summed E-state index contributed by atoms with van der Waals surface area (Å²) in [5, 5.41) is 5.15. The van der Waals surface area contributed by atoms with Gasteiger partial charge in [0.25, 0.3) is 0 Å². The summed E-state index contributed by atoms with van der Waals surface area (Å²) in [7, 11) is 2.01. The molecular weight excluding hydrogens is 202 g/mol. The molecule has 0 saturated heterocycles. The van der Waals surface area contributed by atoms with Gasteiger partial charge in [0.2, 0.25) is 0 Å². The zero-order chi connectivity index (χ0) is 11.1. The molecule has 1 N–H and O–H groups in total. The predicted octanol–water partition coefficient (Wildman–Crippen LogP) is 3.46. The Hall–Kier alpha value is -0.730. The molecule has 1 aromatic carbocycles. The third-order valence-electron chi connectivity index (χ3n) is 2.52. The van der Waals surface area contributed by atoms with E-state index in [4.69, 9.17) is 0 Å². The van der Waals surface area contributed by atoms with Crippen LogP contribution in [0.25, 0.3) is 0 Å². The first kappa shape index (κ1) is 12.3. The van der Waals surface area contributed by atoms with Crippen LogP contribution in [-0.4, -0.2) is 13.1 Å². The normalized spacial score (nSPS) is 12.4. The topological polar surface area (TPSA) is 12.0 Å². The minimum atomic E-state index is 0.576. The highest BCUT2D eigenvalue weighted by atomic mass is 32.2. The summed E-state index contributed by atoms with van der Waals surface area (Å²) in [6, 6.07) is 9.12. The summed E-state index contributed by atoms with van der Waals surface area (Å²) >= 11 is 1.70. The lowest BCUT2D eigenvalue weighted by atomic mass is 10.1. The lowest BCUT2D eigenvalue weighted by molar-refractivity contribution is 0.563. The predicted molar refractivity (Wildman–Crippen MR) is 69.3 cm³/mol. The molecule has 0 fully saturated rings. The minimum absolute atomic E-state index is 0.576. The Labute approximate surface area is 97.0 Å². The number of thioether (sulfide) groups is 1. The molecule has 1 aromatic rings. The molecule has 1 nitrogen and oxygen atoms in total. The number of hydrogen-bond acceptors (Lipinski definition) is 2. The molecule has 0 aliphatic heterocycles. The molecule has 0 aromatic heterocycles. The number of nitrogens with one attached hydrogen (secondary N) is 1. The first-order chi connectivity index (χ1) is 7.27. The van der Waals surface area contributed by atoms with Crippen LogP contribution in [0.2, 0.25) is 0 Å². The SMILES string of the molecule is C=CSc1ccccc1CC[C@@H](C)NC. The van der Waals surface area contributed by atoms with E-state index in [1.807, 2.05) is 12.5 Å². The van der Waals surface area contributed by atoms with Crippen molar-refractivity contribution in [2.75, 3.05) is 7.05 Å². The van der Waals surface area contributed by atoms with Crippen LogP contribution in [0, 0.1) is 0 Å². The van der Waals surface area contributed by atoms with Gasteiger partial charge < -0.3 is 5.32 Å². The highest BCUT2D eigenvalue weighted by molar-refractivity contribution is 8.02. The van der Waals surface area contributed by atoms with Gasteiger partial charge in [-0.25, -0.2) is 0 Å². The van der Waals surface area contributed by atoms with Gasteiger partial charge >= 0.3 is 0 Å². The van der Waals surface area contributed by atoms with Gasteiger partial charge in [-0.15, -0.1) is 0 Å². The second-order valence-corrected chi connectivity index (χ2v) is 4.63. The highest BCUT2D eigenvalue weighted by Gasteiger charge is 2.03. The third kappa shape index (κ3) is 4.10. The molecule has 15 heavy (non-hydrogen) atoms. The van der Waals surface area contributed by atoms with E-state index < -0.39 is 0 Å². The first-order valence-electron chi connectivity index (χ1n) is 5.30. The molecule has 0 amide bonds. The average molecular weight is 221 g/mol. The Morgan fingerprint density at radius 3 is 2.87 bits per heavy atom. The van der Waals surface area contributed by atoms with Gasteiger partial charge in [-0.05, 0) is 43.9 Å². The molecular formula is C13H19NS. The first-order valence-corrected chi connectivity index (χ1v) is 6.18. The fourth-order valence-electron chi connectivity index (χ4n) is 1.43. The van der Waals surface area contributed by atoms with E-state index in [1.165, 1.54) is 16.9 Å². The van der Waals surface area contributed by atoms with E-state index in [1.54, 1.807) is 11.8 Å². The molecule has 0 bridgehead atoms. The van der Waals surface area contributed by atoms with Crippen molar-refractivity contribution < 1.29 is 0 Å². The third-order valence-corrected chi connectivity index (χ3v) is 3.34. The second kappa shape index (κ2) is 6.70. The molecule has 0 saturated carbocycles. The summed E-state index contributed by atoms with van der Waals surface area (Å²) in [5.74, 6) is 0. The van der Waals surface area contributed by atoms with Crippen molar-refractivity contribution in [2.45, 2.75) is 30.7 Å². The van der Waals surface area contributed by atoms with Crippen LogP contribution in [0.4, 0.5) is 0 Å². The van der Waals surface area contributed by atoms with Crippen LogP contribution in [0.15, 0.2) is 41.1 Å². The van der Waals surface area contributed by atoms with Crippen LogP contribution >= 0.6 is 11.8 Å². The van der Waals surface area contributed by atoms with Gasteiger partial charge in [-0.2, -0.15) is 0 Å². The molecule has 0 spiro atoms. The molecule has 1 atom stereocenters. The quantitative estimate of drug-likeness (QED) is 0.738. The standard InChI is InChI=1S/C13H19NS/c1-4-15-13-8-6-5-7-12(13)10-9-11(2)14-3/h4-8,11,14H,1,9-10H2,2-3H3/t11-/m1/s1. The van der Waals surface area contributed by atoms with Crippen molar-refractivity contribution in [1.29, 1.82) is 0 Å². The smallest absolute Gasteiger partial charge is 0.0148 e. The fraction of sp³-hybridized carbons (Fsp3) is 0.385. The molecule has 1 rings (SSSR count). The van der Waals surface area contributed by atoms with Crippen LogP contribution in [0.3, 0.4) is 0 Å². The highest BCUT2D eigenvalue weighted by Crippen LogP contribution is 2.24. The van der Waals surface area contributed by atoms with Gasteiger partial charge in [0.05, 0.1) is 0 Å². The second-order valence-electron chi connectivity index (χ2n) is 3.62. The number of hydrogen-bond donors (Lipinski definition) is 1. The largest absolute Gasteiger partial charge is 0.317 e. The summed E-state index contributed by atoms with van der Waals surface area (Å²) in [5.41, 5.74) is 1.42. The lowest BCUT2D eigenvalue weighted by Gasteiger charge is -2.11. The Bertz CT molecular complexity index is 309. The molecule has 0 aliphatic rings. The molecule has 2 heteroatoms.